The van der Waals surface area contributed by atoms with Crippen molar-refractivity contribution in [3.8, 4) is 0 Å². The fourth-order valence-corrected chi connectivity index (χ4v) is 3.85. The number of aryl methyl sites for hydroxylation is 2. The van der Waals surface area contributed by atoms with Crippen LogP contribution in [0.3, 0.4) is 0 Å². The zero-order valence-corrected chi connectivity index (χ0v) is 11.2. The summed E-state index contributed by atoms with van der Waals surface area (Å²) in [6.45, 7) is 0. The van der Waals surface area contributed by atoms with E-state index in [1.54, 1.807) is 11.3 Å². The lowest BCUT2D eigenvalue weighted by atomic mass is 10.0. The third kappa shape index (κ3) is 2.17. The number of carbonyl (C=O) groups excluding carboxylic acids is 1. The predicted octanol–water partition coefficient (Wildman–Crippen LogP) is 2.27. The van der Waals surface area contributed by atoms with Crippen LogP contribution < -0.4 is 5.32 Å². The minimum Gasteiger partial charge on any atom is -0.380 e. The topological polar surface area (TPSA) is 62.2 Å². The van der Waals surface area contributed by atoms with Crippen LogP contribution in [0.5, 0.6) is 0 Å². The molecule has 1 aromatic rings. The van der Waals surface area contributed by atoms with Crippen molar-refractivity contribution in [1.82, 2.24) is 4.98 Å². The molecule has 0 saturated heterocycles. The molecule has 0 radical (unpaired) electrons. The first kappa shape index (κ1) is 12.1. The summed E-state index contributed by atoms with van der Waals surface area (Å²) in [6, 6.07) is 0. The van der Waals surface area contributed by atoms with Gasteiger partial charge in [0.05, 0.1) is 5.69 Å². The second kappa shape index (κ2) is 4.63. The van der Waals surface area contributed by atoms with Crippen molar-refractivity contribution >= 4 is 22.4 Å². The van der Waals surface area contributed by atoms with Gasteiger partial charge in [0.2, 0.25) is 0 Å². The second-order valence-electron chi connectivity index (χ2n) is 5.29. The molecule has 0 bridgehead atoms. The number of aromatic nitrogens is 1. The Balaban J connectivity index is 1.72. The molecule has 2 aliphatic carbocycles. The lowest BCUT2D eigenvalue weighted by Crippen LogP contribution is -2.40. The SMILES string of the molecule is O=C(Nc1nc2c(s1)CCCC2)C1(O)CCCC1. The summed E-state index contributed by atoms with van der Waals surface area (Å²) in [5.74, 6) is -0.272. The number of hydrogen-bond donors (Lipinski definition) is 2. The van der Waals surface area contributed by atoms with Gasteiger partial charge in [0.1, 0.15) is 5.60 Å². The van der Waals surface area contributed by atoms with Gasteiger partial charge in [0.25, 0.3) is 5.91 Å². The molecular weight excluding hydrogens is 248 g/mol. The van der Waals surface area contributed by atoms with Crippen molar-refractivity contribution in [2.24, 2.45) is 0 Å². The van der Waals surface area contributed by atoms with Crippen molar-refractivity contribution < 1.29 is 9.90 Å². The van der Waals surface area contributed by atoms with Crippen molar-refractivity contribution in [2.75, 3.05) is 5.32 Å². The van der Waals surface area contributed by atoms with Crippen molar-refractivity contribution in [3.63, 3.8) is 0 Å². The summed E-state index contributed by atoms with van der Waals surface area (Å²) in [6.07, 6.45) is 7.50. The van der Waals surface area contributed by atoms with Gasteiger partial charge in [0, 0.05) is 4.88 Å². The maximum absolute atomic E-state index is 12.1. The largest absolute Gasteiger partial charge is 0.380 e. The van der Waals surface area contributed by atoms with E-state index < -0.39 is 5.60 Å². The zero-order valence-electron chi connectivity index (χ0n) is 10.4. The number of rotatable bonds is 2. The molecule has 1 fully saturated rings. The summed E-state index contributed by atoms with van der Waals surface area (Å²) in [5.41, 5.74) is -0.0217. The van der Waals surface area contributed by atoms with Crippen molar-refractivity contribution in [2.45, 2.75) is 57.0 Å². The van der Waals surface area contributed by atoms with E-state index in [-0.39, 0.29) is 5.91 Å². The molecule has 1 saturated carbocycles. The van der Waals surface area contributed by atoms with E-state index in [0.29, 0.717) is 18.0 Å². The average Bonchev–Trinajstić information content (AvgIpc) is 2.95. The van der Waals surface area contributed by atoms with Crippen LogP contribution >= 0.6 is 11.3 Å². The number of fused-ring (bicyclic) bond motifs is 1. The Hall–Kier alpha value is -0.940. The molecule has 1 aromatic heterocycles. The number of amides is 1. The van der Waals surface area contributed by atoms with Gasteiger partial charge in [-0.2, -0.15) is 0 Å². The van der Waals surface area contributed by atoms with Gasteiger partial charge in [-0.1, -0.05) is 0 Å². The molecule has 4 nitrogen and oxygen atoms in total. The highest BCUT2D eigenvalue weighted by molar-refractivity contribution is 7.15. The van der Waals surface area contributed by atoms with Crippen LogP contribution in [0.25, 0.3) is 0 Å². The Kier molecular flexibility index (Phi) is 3.11. The van der Waals surface area contributed by atoms with E-state index in [9.17, 15) is 9.90 Å². The highest BCUT2D eigenvalue weighted by Crippen LogP contribution is 2.33. The smallest absolute Gasteiger partial charge is 0.258 e. The number of nitrogens with zero attached hydrogens (tertiary/aromatic N) is 1. The first-order chi connectivity index (χ1) is 8.67. The van der Waals surface area contributed by atoms with E-state index in [1.165, 1.54) is 17.7 Å². The fourth-order valence-electron chi connectivity index (χ4n) is 2.81. The minimum absolute atomic E-state index is 0.272. The quantitative estimate of drug-likeness (QED) is 0.863. The summed E-state index contributed by atoms with van der Waals surface area (Å²) in [7, 11) is 0. The number of hydrogen-bond acceptors (Lipinski definition) is 4. The van der Waals surface area contributed by atoms with E-state index in [1.807, 2.05) is 0 Å². The molecule has 3 rings (SSSR count). The number of aliphatic hydroxyl groups is 1. The third-order valence-electron chi connectivity index (χ3n) is 3.92. The predicted molar refractivity (Wildman–Crippen MR) is 70.8 cm³/mol. The molecule has 5 heteroatoms. The van der Waals surface area contributed by atoms with Crippen molar-refractivity contribution in [3.05, 3.63) is 10.6 Å². The molecule has 0 unspecified atom stereocenters. The normalized spacial score (nSPS) is 21.6. The van der Waals surface area contributed by atoms with E-state index in [2.05, 4.69) is 10.3 Å². The number of anilines is 1. The first-order valence-corrected chi connectivity index (χ1v) is 7.51. The summed E-state index contributed by atoms with van der Waals surface area (Å²) >= 11 is 1.57. The van der Waals surface area contributed by atoms with E-state index >= 15 is 0 Å². The van der Waals surface area contributed by atoms with Gasteiger partial charge in [-0.25, -0.2) is 4.98 Å². The lowest BCUT2D eigenvalue weighted by molar-refractivity contribution is -0.133. The third-order valence-corrected chi connectivity index (χ3v) is 4.99. The van der Waals surface area contributed by atoms with Crippen LogP contribution in [0, 0.1) is 0 Å². The van der Waals surface area contributed by atoms with Crippen LogP contribution in [-0.4, -0.2) is 21.6 Å². The van der Waals surface area contributed by atoms with Gasteiger partial charge in [-0.3, -0.25) is 10.1 Å². The zero-order chi connectivity index (χ0) is 12.6. The van der Waals surface area contributed by atoms with Crippen LogP contribution in [-0.2, 0) is 17.6 Å². The fraction of sp³-hybridized carbons (Fsp3) is 0.692. The molecule has 2 N–H and O–H groups in total. The molecule has 0 atom stereocenters. The van der Waals surface area contributed by atoms with Crippen LogP contribution in [0.4, 0.5) is 5.13 Å². The molecule has 18 heavy (non-hydrogen) atoms. The molecule has 0 aromatic carbocycles. The maximum Gasteiger partial charge on any atom is 0.258 e. The molecule has 0 aliphatic heterocycles. The lowest BCUT2D eigenvalue weighted by Gasteiger charge is -2.19. The first-order valence-electron chi connectivity index (χ1n) is 6.70. The molecule has 98 valence electrons. The highest BCUT2D eigenvalue weighted by Gasteiger charge is 2.39. The summed E-state index contributed by atoms with van der Waals surface area (Å²) in [5, 5.41) is 13.6. The second-order valence-corrected chi connectivity index (χ2v) is 6.37. The molecule has 1 heterocycles. The van der Waals surface area contributed by atoms with E-state index in [0.717, 1.165) is 31.4 Å². The molecule has 2 aliphatic rings. The summed E-state index contributed by atoms with van der Waals surface area (Å²) < 4.78 is 0. The Morgan fingerprint density at radius 1 is 1.22 bits per heavy atom. The van der Waals surface area contributed by atoms with Crippen LogP contribution in [0.2, 0.25) is 0 Å². The molecule has 0 spiro atoms. The molecule has 1 amide bonds. The van der Waals surface area contributed by atoms with Gasteiger partial charge >= 0.3 is 0 Å². The van der Waals surface area contributed by atoms with Crippen molar-refractivity contribution in [1.29, 1.82) is 0 Å². The van der Waals surface area contributed by atoms with Crippen LogP contribution in [0.15, 0.2) is 0 Å². The highest BCUT2D eigenvalue weighted by atomic mass is 32.1. The Morgan fingerprint density at radius 2 is 1.94 bits per heavy atom. The Labute approximate surface area is 110 Å². The van der Waals surface area contributed by atoms with Crippen LogP contribution in [0.1, 0.15) is 49.1 Å². The van der Waals surface area contributed by atoms with Gasteiger partial charge < -0.3 is 5.11 Å². The maximum atomic E-state index is 12.1. The summed E-state index contributed by atoms with van der Waals surface area (Å²) in [4.78, 5) is 17.8. The van der Waals surface area contributed by atoms with Gasteiger partial charge in [-0.05, 0) is 51.4 Å². The number of carbonyl (C=O) groups is 1. The average molecular weight is 266 g/mol. The Bertz CT molecular complexity index is 440. The van der Waals surface area contributed by atoms with Gasteiger partial charge in [0.15, 0.2) is 5.13 Å². The molecular formula is C13H18N2O2S. The Morgan fingerprint density at radius 3 is 2.67 bits per heavy atom. The minimum atomic E-state index is -1.16. The van der Waals surface area contributed by atoms with Gasteiger partial charge in [-0.15, -0.1) is 11.3 Å². The standard InChI is InChI=1S/C13H18N2O2S/c16-11(13(17)7-3-4-8-13)15-12-14-9-5-1-2-6-10(9)18-12/h17H,1-8H2,(H,14,15,16). The monoisotopic (exact) mass is 266 g/mol. The number of nitrogens with one attached hydrogen (secondary N) is 1. The van der Waals surface area contributed by atoms with E-state index in [4.69, 9.17) is 0 Å². The number of thiazole rings is 1.